The molecule has 13 heavy (non-hydrogen) atoms. The van der Waals surface area contributed by atoms with Gasteiger partial charge in [-0.2, -0.15) is 0 Å². The highest BCUT2D eigenvalue weighted by atomic mass is 16.7. The molecule has 0 unspecified atom stereocenters. The summed E-state index contributed by atoms with van der Waals surface area (Å²) in [6.07, 6.45) is 0.996. The zero-order valence-electron chi connectivity index (χ0n) is 9.31. The third kappa shape index (κ3) is 1.87. The Balaban J connectivity index is 2.75. The molecule has 78 valence electrons. The lowest BCUT2D eigenvalue weighted by Gasteiger charge is -2.40. The zero-order chi connectivity index (χ0) is 10.1. The van der Waals surface area contributed by atoms with Crippen LogP contribution in [0.4, 0.5) is 0 Å². The van der Waals surface area contributed by atoms with Gasteiger partial charge in [0.1, 0.15) is 0 Å². The van der Waals surface area contributed by atoms with E-state index in [1.807, 2.05) is 6.92 Å². The van der Waals surface area contributed by atoms with E-state index in [4.69, 9.17) is 9.47 Å². The van der Waals surface area contributed by atoms with Crippen molar-refractivity contribution in [3.8, 4) is 0 Å². The number of hydrogen-bond donors (Lipinski definition) is 1. The van der Waals surface area contributed by atoms with E-state index in [1.54, 1.807) is 7.11 Å². The van der Waals surface area contributed by atoms with E-state index < -0.39 is 5.79 Å². The first-order valence-electron chi connectivity index (χ1n) is 4.90. The molecular weight excluding hydrogens is 166 g/mol. The topological polar surface area (TPSA) is 30.5 Å². The van der Waals surface area contributed by atoms with E-state index >= 15 is 0 Å². The number of ether oxygens (including phenoxy) is 2. The van der Waals surface area contributed by atoms with E-state index in [1.165, 1.54) is 0 Å². The van der Waals surface area contributed by atoms with Gasteiger partial charge in [-0.3, -0.25) is 0 Å². The highest BCUT2D eigenvalue weighted by Crippen LogP contribution is 2.36. The Morgan fingerprint density at radius 3 is 2.46 bits per heavy atom. The molecule has 2 atom stereocenters. The first-order chi connectivity index (χ1) is 5.93. The van der Waals surface area contributed by atoms with Crippen molar-refractivity contribution < 1.29 is 9.47 Å². The van der Waals surface area contributed by atoms with Gasteiger partial charge in [0.05, 0.1) is 12.1 Å². The lowest BCUT2D eigenvalue weighted by molar-refractivity contribution is -0.212. The Morgan fingerprint density at radius 1 is 1.38 bits per heavy atom. The molecule has 0 aromatic heterocycles. The summed E-state index contributed by atoms with van der Waals surface area (Å²) in [6.45, 7) is 9.19. The lowest BCUT2D eigenvalue weighted by atomic mass is 9.90. The van der Waals surface area contributed by atoms with Crippen LogP contribution in [0.3, 0.4) is 0 Å². The van der Waals surface area contributed by atoms with Crippen molar-refractivity contribution in [2.45, 2.75) is 51.5 Å². The van der Waals surface area contributed by atoms with Crippen LogP contribution in [0.15, 0.2) is 0 Å². The fraction of sp³-hybridized carbons (Fsp3) is 1.00. The van der Waals surface area contributed by atoms with Gasteiger partial charge in [0.15, 0.2) is 5.79 Å². The van der Waals surface area contributed by atoms with Gasteiger partial charge >= 0.3 is 0 Å². The molecular formula is C10H21NO2. The zero-order valence-corrected chi connectivity index (χ0v) is 9.31. The molecule has 1 saturated heterocycles. The molecule has 0 bridgehead atoms. The Bertz CT molecular complexity index is 184. The first kappa shape index (κ1) is 11.0. The summed E-state index contributed by atoms with van der Waals surface area (Å²) >= 11 is 0. The number of nitrogens with one attached hydrogen (secondary N) is 1. The summed E-state index contributed by atoms with van der Waals surface area (Å²) < 4.78 is 11.1. The van der Waals surface area contributed by atoms with Gasteiger partial charge in [0.2, 0.25) is 0 Å². The van der Waals surface area contributed by atoms with Crippen molar-refractivity contribution in [1.82, 2.24) is 5.32 Å². The summed E-state index contributed by atoms with van der Waals surface area (Å²) in [5, 5.41) is 3.51. The van der Waals surface area contributed by atoms with E-state index in [9.17, 15) is 0 Å². The predicted molar refractivity (Wildman–Crippen MR) is 52.7 cm³/mol. The number of rotatable bonds is 3. The Hall–Kier alpha value is -0.120. The molecule has 1 N–H and O–H groups in total. The van der Waals surface area contributed by atoms with Crippen LogP contribution in [0.5, 0.6) is 0 Å². The molecule has 3 nitrogen and oxygen atoms in total. The average molecular weight is 187 g/mol. The largest absolute Gasteiger partial charge is 0.352 e. The maximum absolute atomic E-state index is 5.62. The molecule has 1 aliphatic heterocycles. The number of methoxy groups -OCH3 is 1. The van der Waals surface area contributed by atoms with E-state index in [2.05, 4.69) is 26.1 Å². The van der Waals surface area contributed by atoms with Gasteiger partial charge in [-0.15, -0.1) is 0 Å². The molecule has 0 radical (unpaired) electrons. The molecule has 0 aliphatic carbocycles. The minimum absolute atomic E-state index is 0.0735. The normalized spacial score (nSPS) is 40.2. The molecule has 1 fully saturated rings. The molecule has 0 saturated carbocycles. The summed E-state index contributed by atoms with van der Waals surface area (Å²) in [6, 6.07) is 0.446. The van der Waals surface area contributed by atoms with E-state index in [0.717, 1.165) is 13.0 Å². The molecule has 3 heteroatoms. The van der Waals surface area contributed by atoms with Gasteiger partial charge in [-0.1, -0.05) is 13.8 Å². The molecule has 0 aromatic carbocycles. The maximum Gasteiger partial charge on any atom is 0.183 e. The monoisotopic (exact) mass is 187 g/mol. The Labute approximate surface area is 80.8 Å². The van der Waals surface area contributed by atoms with Crippen LogP contribution in [0.2, 0.25) is 0 Å². The first-order valence-corrected chi connectivity index (χ1v) is 4.90. The second kappa shape index (κ2) is 3.56. The third-order valence-electron chi connectivity index (χ3n) is 2.98. The fourth-order valence-electron chi connectivity index (χ4n) is 1.96. The van der Waals surface area contributed by atoms with Gasteiger partial charge < -0.3 is 14.8 Å². The van der Waals surface area contributed by atoms with E-state index in [-0.39, 0.29) is 5.54 Å². The second-order valence-corrected chi connectivity index (χ2v) is 4.38. The van der Waals surface area contributed by atoms with Gasteiger partial charge in [-0.05, 0) is 20.3 Å². The van der Waals surface area contributed by atoms with Gasteiger partial charge in [0.25, 0.3) is 0 Å². The molecule has 0 amide bonds. The maximum atomic E-state index is 5.62. The van der Waals surface area contributed by atoms with Crippen LogP contribution in [0.1, 0.15) is 34.1 Å². The fourth-order valence-corrected chi connectivity index (χ4v) is 1.96. The standard InChI is InChI=1S/C10H21NO2/c1-8(2)11-9(3)6-7-13-10(9,4)12-5/h8,11H,6-7H2,1-5H3/t9-,10+/m1/s1. The summed E-state index contributed by atoms with van der Waals surface area (Å²) in [5.41, 5.74) is -0.0735. The van der Waals surface area contributed by atoms with Crippen molar-refractivity contribution in [3.63, 3.8) is 0 Å². The summed E-state index contributed by atoms with van der Waals surface area (Å²) in [7, 11) is 1.70. The summed E-state index contributed by atoms with van der Waals surface area (Å²) in [5.74, 6) is -0.489. The van der Waals surface area contributed by atoms with Crippen LogP contribution in [-0.2, 0) is 9.47 Å². The SMILES string of the molecule is CO[C@@]1(C)OCC[C@@]1(C)NC(C)C. The highest BCUT2D eigenvalue weighted by Gasteiger charge is 2.50. The van der Waals surface area contributed by atoms with E-state index in [0.29, 0.717) is 6.04 Å². The highest BCUT2D eigenvalue weighted by molar-refractivity contribution is 5.00. The Kier molecular flexibility index (Phi) is 3.00. The molecule has 1 aliphatic rings. The summed E-state index contributed by atoms with van der Waals surface area (Å²) in [4.78, 5) is 0. The van der Waals surface area contributed by atoms with Crippen molar-refractivity contribution in [1.29, 1.82) is 0 Å². The van der Waals surface area contributed by atoms with Crippen LogP contribution in [0.25, 0.3) is 0 Å². The molecule has 0 aromatic rings. The third-order valence-corrected chi connectivity index (χ3v) is 2.98. The Morgan fingerprint density at radius 2 is 2.00 bits per heavy atom. The minimum Gasteiger partial charge on any atom is -0.352 e. The van der Waals surface area contributed by atoms with Crippen molar-refractivity contribution >= 4 is 0 Å². The van der Waals surface area contributed by atoms with Gasteiger partial charge in [0, 0.05) is 13.2 Å². The average Bonchev–Trinajstić information content (AvgIpc) is 2.28. The number of hydrogen-bond acceptors (Lipinski definition) is 3. The van der Waals surface area contributed by atoms with Gasteiger partial charge in [-0.25, -0.2) is 0 Å². The smallest absolute Gasteiger partial charge is 0.183 e. The second-order valence-electron chi connectivity index (χ2n) is 4.38. The quantitative estimate of drug-likeness (QED) is 0.726. The molecule has 0 spiro atoms. The lowest BCUT2D eigenvalue weighted by Crippen LogP contribution is -2.59. The van der Waals surface area contributed by atoms with Crippen molar-refractivity contribution in [3.05, 3.63) is 0 Å². The molecule has 1 heterocycles. The minimum atomic E-state index is -0.489. The van der Waals surface area contributed by atoms with Crippen molar-refractivity contribution in [2.24, 2.45) is 0 Å². The van der Waals surface area contributed by atoms with Crippen LogP contribution in [-0.4, -0.2) is 31.1 Å². The predicted octanol–water partition coefficient (Wildman–Crippen LogP) is 1.53. The van der Waals surface area contributed by atoms with Crippen LogP contribution in [0, 0.1) is 0 Å². The molecule has 1 rings (SSSR count). The van der Waals surface area contributed by atoms with Crippen LogP contribution >= 0.6 is 0 Å². The van der Waals surface area contributed by atoms with Crippen LogP contribution < -0.4 is 5.32 Å². The van der Waals surface area contributed by atoms with Crippen molar-refractivity contribution in [2.75, 3.05) is 13.7 Å².